The standard InChI is InChI=1S/C17H21N3O/c1-12-8-15(11-18-10-12)19-14(3)9-17(21)20-16-7-5-4-6-13(16)2/h4-8,10-11,14,19H,9H2,1-3H3,(H,20,21)/t14-/m1/s1. The Morgan fingerprint density at radius 2 is 2.00 bits per heavy atom. The van der Waals surface area contributed by atoms with Crippen LogP contribution >= 0.6 is 0 Å². The summed E-state index contributed by atoms with van der Waals surface area (Å²) in [7, 11) is 0. The van der Waals surface area contributed by atoms with Gasteiger partial charge in [-0.15, -0.1) is 0 Å². The lowest BCUT2D eigenvalue weighted by Crippen LogP contribution is -2.24. The summed E-state index contributed by atoms with van der Waals surface area (Å²) in [6.45, 7) is 5.96. The molecule has 0 saturated carbocycles. The summed E-state index contributed by atoms with van der Waals surface area (Å²) < 4.78 is 0. The van der Waals surface area contributed by atoms with Crippen molar-refractivity contribution in [2.75, 3.05) is 10.6 Å². The molecule has 2 N–H and O–H groups in total. The molecular weight excluding hydrogens is 262 g/mol. The number of amides is 1. The lowest BCUT2D eigenvalue weighted by Gasteiger charge is -2.15. The fourth-order valence-corrected chi connectivity index (χ4v) is 2.16. The van der Waals surface area contributed by atoms with Gasteiger partial charge in [0.15, 0.2) is 0 Å². The largest absolute Gasteiger partial charge is 0.381 e. The van der Waals surface area contributed by atoms with Crippen LogP contribution < -0.4 is 10.6 Å². The lowest BCUT2D eigenvalue weighted by atomic mass is 10.1. The normalized spacial score (nSPS) is 11.8. The van der Waals surface area contributed by atoms with E-state index < -0.39 is 0 Å². The van der Waals surface area contributed by atoms with E-state index in [4.69, 9.17) is 0 Å². The van der Waals surface area contributed by atoms with Crippen molar-refractivity contribution in [1.29, 1.82) is 0 Å². The van der Waals surface area contributed by atoms with E-state index >= 15 is 0 Å². The molecule has 0 bridgehead atoms. The molecule has 21 heavy (non-hydrogen) atoms. The molecule has 1 heterocycles. The Balaban J connectivity index is 1.89. The van der Waals surface area contributed by atoms with Crippen LogP contribution in [0.25, 0.3) is 0 Å². The van der Waals surface area contributed by atoms with Crippen molar-refractivity contribution in [3.8, 4) is 0 Å². The number of nitrogens with zero attached hydrogens (tertiary/aromatic N) is 1. The fraction of sp³-hybridized carbons (Fsp3) is 0.294. The zero-order valence-corrected chi connectivity index (χ0v) is 12.7. The maximum Gasteiger partial charge on any atom is 0.226 e. The summed E-state index contributed by atoms with van der Waals surface area (Å²) >= 11 is 0. The molecule has 0 saturated heterocycles. The van der Waals surface area contributed by atoms with Gasteiger partial charge in [-0.25, -0.2) is 0 Å². The van der Waals surface area contributed by atoms with E-state index in [1.807, 2.05) is 51.1 Å². The van der Waals surface area contributed by atoms with Gasteiger partial charge in [-0.1, -0.05) is 18.2 Å². The minimum absolute atomic E-state index is 0.00455. The Bertz CT molecular complexity index is 625. The number of pyridine rings is 1. The number of benzene rings is 1. The third-order valence-electron chi connectivity index (χ3n) is 3.20. The Labute approximate surface area is 125 Å². The van der Waals surface area contributed by atoms with Crippen LogP contribution in [0.5, 0.6) is 0 Å². The Hall–Kier alpha value is -2.36. The maximum absolute atomic E-state index is 12.1. The van der Waals surface area contributed by atoms with Gasteiger partial charge in [0.1, 0.15) is 0 Å². The summed E-state index contributed by atoms with van der Waals surface area (Å²) in [5.74, 6) is 0.00455. The molecule has 1 aromatic carbocycles. The number of aryl methyl sites for hydroxylation is 2. The van der Waals surface area contributed by atoms with Gasteiger partial charge in [0.05, 0.1) is 5.69 Å². The third kappa shape index (κ3) is 4.60. The second-order valence-corrected chi connectivity index (χ2v) is 5.36. The van der Waals surface area contributed by atoms with Crippen molar-refractivity contribution in [3.05, 3.63) is 53.9 Å². The van der Waals surface area contributed by atoms with Gasteiger partial charge in [0.2, 0.25) is 5.91 Å². The predicted octanol–water partition coefficient (Wildman–Crippen LogP) is 3.53. The van der Waals surface area contributed by atoms with Gasteiger partial charge < -0.3 is 10.6 Å². The number of hydrogen-bond acceptors (Lipinski definition) is 3. The monoisotopic (exact) mass is 283 g/mol. The molecule has 4 nitrogen and oxygen atoms in total. The minimum Gasteiger partial charge on any atom is -0.381 e. The first kappa shape index (κ1) is 15.0. The van der Waals surface area contributed by atoms with Crippen LogP contribution in [0.15, 0.2) is 42.7 Å². The predicted molar refractivity (Wildman–Crippen MR) is 86.5 cm³/mol. The van der Waals surface area contributed by atoms with E-state index in [1.54, 1.807) is 12.4 Å². The Morgan fingerprint density at radius 1 is 1.24 bits per heavy atom. The summed E-state index contributed by atoms with van der Waals surface area (Å²) in [4.78, 5) is 16.2. The molecule has 110 valence electrons. The molecule has 2 rings (SSSR count). The topological polar surface area (TPSA) is 54.0 Å². The van der Waals surface area contributed by atoms with E-state index in [2.05, 4.69) is 15.6 Å². The minimum atomic E-state index is 0.00455. The molecule has 0 fully saturated rings. The van der Waals surface area contributed by atoms with Crippen molar-refractivity contribution in [2.24, 2.45) is 0 Å². The first-order valence-electron chi connectivity index (χ1n) is 7.08. The Kier molecular flexibility index (Phi) is 4.93. The molecule has 0 unspecified atom stereocenters. The van der Waals surface area contributed by atoms with Crippen LogP contribution in [0.3, 0.4) is 0 Å². The second kappa shape index (κ2) is 6.88. The van der Waals surface area contributed by atoms with Gasteiger partial charge in [-0.05, 0) is 44.0 Å². The maximum atomic E-state index is 12.1. The van der Waals surface area contributed by atoms with E-state index in [0.29, 0.717) is 6.42 Å². The smallest absolute Gasteiger partial charge is 0.226 e. The van der Waals surface area contributed by atoms with Crippen molar-refractivity contribution < 1.29 is 4.79 Å². The molecule has 1 aromatic heterocycles. The van der Waals surface area contributed by atoms with E-state index in [9.17, 15) is 4.79 Å². The van der Waals surface area contributed by atoms with Crippen LogP contribution in [0, 0.1) is 13.8 Å². The summed E-state index contributed by atoms with van der Waals surface area (Å²) in [6, 6.07) is 9.83. The second-order valence-electron chi connectivity index (χ2n) is 5.36. The number of aromatic nitrogens is 1. The van der Waals surface area contributed by atoms with Crippen LogP contribution in [-0.2, 0) is 4.79 Å². The van der Waals surface area contributed by atoms with E-state index in [1.165, 1.54) is 0 Å². The van der Waals surface area contributed by atoms with Gasteiger partial charge in [0, 0.05) is 30.5 Å². The van der Waals surface area contributed by atoms with E-state index in [0.717, 1.165) is 22.5 Å². The number of carbonyl (C=O) groups excluding carboxylic acids is 1. The van der Waals surface area contributed by atoms with Crippen molar-refractivity contribution in [3.63, 3.8) is 0 Å². The highest BCUT2D eigenvalue weighted by molar-refractivity contribution is 5.92. The summed E-state index contributed by atoms with van der Waals surface area (Å²) in [6.07, 6.45) is 3.98. The zero-order valence-electron chi connectivity index (χ0n) is 12.7. The van der Waals surface area contributed by atoms with Gasteiger partial charge in [-0.3, -0.25) is 9.78 Å². The lowest BCUT2D eigenvalue weighted by molar-refractivity contribution is -0.116. The number of nitrogens with one attached hydrogen (secondary N) is 2. The molecule has 1 amide bonds. The van der Waals surface area contributed by atoms with Crippen molar-refractivity contribution >= 4 is 17.3 Å². The average Bonchev–Trinajstić information content (AvgIpc) is 2.41. The average molecular weight is 283 g/mol. The number of anilines is 2. The zero-order chi connectivity index (χ0) is 15.2. The first-order chi connectivity index (χ1) is 10.0. The number of rotatable bonds is 5. The van der Waals surface area contributed by atoms with Gasteiger partial charge >= 0.3 is 0 Å². The highest BCUT2D eigenvalue weighted by atomic mass is 16.1. The molecule has 4 heteroatoms. The molecule has 0 aliphatic rings. The first-order valence-corrected chi connectivity index (χ1v) is 7.08. The van der Waals surface area contributed by atoms with Crippen LogP contribution in [0.4, 0.5) is 11.4 Å². The number of para-hydroxylation sites is 1. The Morgan fingerprint density at radius 3 is 2.71 bits per heavy atom. The molecule has 0 aliphatic carbocycles. The van der Waals surface area contributed by atoms with Crippen molar-refractivity contribution in [2.45, 2.75) is 33.2 Å². The molecule has 0 spiro atoms. The number of hydrogen-bond donors (Lipinski definition) is 2. The number of carbonyl (C=O) groups is 1. The summed E-state index contributed by atoms with van der Waals surface area (Å²) in [5.41, 5.74) is 3.96. The molecule has 0 radical (unpaired) electrons. The third-order valence-corrected chi connectivity index (χ3v) is 3.20. The molecular formula is C17H21N3O. The van der Waals surface area contributed by atoms with Gasteiger partial charge in [0.25, 0.3) is 0 Å². The van der Waals surface area contributed by atoms with Crippen LogP contribution in [-0.4, -0.2) is 16.9 Å². The quantitative estimate of drug-likeness (QED) is 0.882. The molecule has 2 aromatic rings. The highest BCUT2D eigenvalue weighted by Crippen LogP contribution is 2.14. The fourth-order valence-electron chi connectivity index (χ4n) is 2.16. The SMILES string of the molecule is Cc1cncc(N[C@H](C)CC(=O)Nc2ccccc2C)c1. The van der Waals surface area contributed by atoms with E-state index in [-0.39, 0.29) is 11.9 Å². The molecule has 1 atom stereocenters. The van der Waals surface area contributed by atoms with Crippen molar-refractivity contribution in [1.82, 2.24) is 4.98 Å². The summed E-state index contributed by atoms with van der Waals surface area (Å²) in [5, 5.41) is 6.23. The highest BCUT2D eigenvalue weighted by Gasteiger charge is 2.10. The molecule has 0 aliphatic heterocycles. The van der Waals surface area contributed by atoms with Crippen LogP contribution in [0.2, 0.25) is 0 Å². The van der Waals surface area contributed by atoms with Crippen LogP contribution in [0.1, 0.15) is 24.5 Å². The van der Waals surface area contributed by atoms with Gasteiger partial charge in [-0.2, -0.15) is 0 Å².